The third-order valence-corrected chi connectivity index (χ3v) is 13.7. The first-order valence-corrected chi connectivity index (χ1v) is 17.7. The summed E-state index contributed by atoms with van der Waals surface area (Å²) in [6.45, 7) is 5.07. The topological polar surface area (TPSA) is 4.93 Å². The molecule has 3 aliphatic heterocycles. The molecule has 1 nitrogen and oxygen atoms in total. The summed E-state index contributed by atoms with van der Waals surface area (Å²) in [5.74, 6) is 0.843. The van der Waals surface area contributed by atoms with Crippen LogP contribution in [0.3, 0.4) is 0 Å². The van der Waals surface area contributed by atoms with E-state index in [1.807, 2.05) is 0 Å². The van der Waals surface area contributed by atoms with Gasteiger partial charge in [0, 0.05) is 55.1 Å². The van der Waals surface area contributed by atoms with Gasteiger partial charge >= 0.3 is 6.85 Å². The molecule has 3 heteroatoms. The summed E-state index contributed by atoms with van der Waals surface area (Å²) < 4.78 is 2.83. The van der Waals surface area contributed by atoms with E-state index in [1.54, 1.807) is 22.2 Å². The summed E-state index contributed by atoms with van der Waals surface area (Å²) in [4.78, 5) is 1.48. The summed E-state index contributed by atoms with van der Waals surface area (Å²) in [5, 5.41) is 4.77. The largest absolute Gasteiger partial charge is 0.378 e. The van der Waals surface area contributed by atoms with Crippen LogP contribution in [0.15, 0.2) is 120 Å². The Hall–Kier alpha value is -4.47. The SMILES string of the molecule is CC1(C)c2ccccc2-c2c1n1c3c(cccc23)-c2cc3ccccc3c3c2B1c1cccc2c1C3CC1Sc3ccccc3C21. The second kappa shape index (κ2) is 8.08. The van der Waals surface area contributed by atoms with Gasteiger partial charge in [0.15, 0.2) is 0 Å². The van der Waals surface area contributed by atoms with Gasteiger partial charge in [-0.15, -0.1) is 11.8 Å². The molecule has 4 heterocycles. The minimum Gasteiger partial charge on any atom is -0.378 e. The molecule has 0 saturated carbocycles. The minimum absolute atomic E-state index is 0.103. The van der Waals surface area contributed by atoms with E-state index in [2.05, 4.69) is 145 Å². The van der Waals surface area contributed by atoms with Crippen molar-refractivity contribution in [2.24, 2.45) is 0 Å². The molecule has 6 aromatic carbocycles. The van der Waals surface area contributed by atoms with Crippen molar-refractivity contribution in [2.75, 3.05) is 0 Å². The molecule has 0 radical (unpaired) electrons. The second-order valence-electron chi connectivity index (χ2n) is 14.7. The van der Waals surface area contributed by atoms with E-state index >= 15 is 0 Å². The maximum absolute atomic E-state index is 2.83. The maximum Gasteiger partial charge on any atom is 0.329 e. The second-order valence-corrected chi connectivity index (χ2v) is 15.9. The Bertz CT molecular complexity index is 2550. The Balaban J connectivity index is 1.27. The van der Waals surface area contributed by atoms with E-state index in [4.69, 9.17) is 0 Å². The van der Waals surface area contributed by atoms with Crippen LogP contribution >= 0.6 is 11.8 Å². The van der Waals surface area contributed by atoms with E-state index in [0.717, 1.165) is 0 Å². The van der Waals surface area contributed by atoms with Crippen LogP contribution in [0.4, 0.5) is 0 Å². The first-order valence-electron chi connectivity index (χ1n) is 16.8. The van der Waals surface area contributed by atoms with Gasteiger partial charge < -0.3 is 4.48 Å². The summed E-state index contributed by atoms with van der Waals surface area (Å²) in [6.07, 6.45) is 1.18. The molecule has 0 bridgehead atoms. The van der Waals surface area contributed by atoms with Gasteiger partial charge in [0.2, 0.25) is 0 Å². The average Bonchev–Trinajstić information content (AvgIpc) is 3.71. The highest BCUT2D eigenvalue weighted by Crippen LogP contribution is 2.60. The van der Waals surface area contributed by atoms with Gasteiger partial charge in [-0.2, -0.15) is 0 Å². The zero-order valence-electron chi connectivity index (χ0n) is 25.8. The normalized spacial score (nSPS) is 21.4. The van der Waals surface area contributed by atoms with E-state index in [-0.39, 0.29) is 12.3 Å². The van der Waals surface area contributed by atoms with Crippen molar-refractivity contribution in [3.05, 3.63) is 149 Å². The molecular weight excluding hydrogens is 573 g/mol. The Morgan fingerprint density at radius 1 is 0.717 bits per heavy atom. The van der Waals surface area contributed by atoms with Crippen molar-refractivity contribution in [2.45, 2.75) is 47.7 Å². The lowest BCUT2D eigenvalue weighted by molar-refractivity contribution is 0.591. The molecule has 7 aromatic rings. The van der Waals surface area contributed by atoms with Crippen molar-refractivity contribution in [3.8, 4) is 22.3 Å². The van der Waals surface area contributed by atoms with Crippen LogP contribution in [-0.2, 0) is 5.41 Å². The fourth-order valence-electron chi connectivity index (χ4n) is 10.8. The van der Waals surface area contributed by atoms with E-state index < -0.39 is 0 Å². The number of para-hydroxylation sites is 1. The zero-order chi connectivity index (χ0) is 30.1. The molecule has 0 amide bonds. The van der Waals surface area contributed by atoms with Gasteiger partial charge in [-0.05, 0) is 79.2 Å². The number of rotatable bonds is 0. The van der Waals surface area contributed by atoms with Crippen LogP contribution < -0.4 is 10.9 Å². The molecule has 0 spiro atoms. The number of hydrogen-bond acceptors (Lipinski definition) is 1. The monoisotopic (exact) mass is 603 g/mol. The summed E-state index contributed by atoms with van der Waals surface area (Å²) in [6, 6.07) is 44.6. The third-order valence-electron chi connectivity index (χ3n) is 12.3. The van der Waals surface area contributed by atoms with Crippen molar-refractivity contribution in [1.29, 1.82) is 0 Å². The smallest absolute Gasteiger partial charge is 0.329 e. The Morgan fingerprint density at radius 3 is 2.43 bits per heavy atom. The van der Waals surface area contributed by atoms with Gasteiger partial charge in [0.1, 0.15) is 0 Å². The fraction of sp³-hybridized carbons (Fsp3) is 0.163. The number of thioether (sulfide) groups is 1. The lowest BCUT2D eigenvalue weighted by atomic mass is 9.39. The molecule has 0 fully saturated rings. The Morgan fingerprint density at radius 2 is 1.48 bits per heavy atom. The summed E-state index contributed by atoms with van der Waals surface area (Å²) in [7, 11) is 0. The van der Waals surface area contributed by atoms with Crippen molar-refractivity contribution >= 4 is 51.2 Å². The first-order chi connectivity index (χ1) is 22.6. The highest BCUT2D eigenvalue weighted by molar-refractivity contribution is 8.00. The van der Waals surface area contributed by atoms with E-state index in [9.17, 15) is 0 Å². The molecule has 216 valence electrons. The molecule has 46 heavy (non-hydrogen) atoms. The summed E-state index contributed by atoms with van der Waals surface area (Å²) in [5.41, 5.74) is 19.3. The maximum atomic E-state index is 2.83. The minimum atomic E-state index is -0.103. The molecule has 5 aliphatic rings. The lowest BCUT2D eigenvalue weighted by Gasteiger charge is -2.45. The van der Waals surface area contributed by atoms with Crippen LogP contribution in [0.5, 0.6) is 0 Å². The lowest BCUT2D eigenvalue weighted by Crippen LogP contribution is -2.59. The van der Waals surface area contributed by atoms with Gasteiger partial charge in [-0.3, -0.25) is 0 Å². The molecule has 3 atom stereocenters. The molecule has 1 aromatic heterocycles. The highest BCUT2D eigenvalue weighted by atomic mass is 32.2. The molecule has 3 unspecified atom stereocenters. The number of fused-ring (bicyclic) bond motifs is 15. The van der Waals surface area contributed by atoms with Gasteiger partial charge in [0.25, 0.3) is 0 Å². The van der Waals surface area contributed by atoms with Gasteiger partial charge in [-0.1, -0.05) is 117 Å². The number of nitrogens with zero attached hydrogens (tertiary/aromatic N) is 1. The van der Waals surface area contributed by atoms with Crippen molar-refractivity contribution < 1.29 is 0 Å². The van der Waals surface area contributed by atoms with E-state index in [0.29, 0.717) is 17.1 Å². The molecule has 12 rings (SSSR count). The van der Waals surface area contributed by atoms with E-state index in [1.165, 1.54) is 77.5 Å². The quantitative estimate of drug-likeness (QED) is 0.157. The van der Waals surface area contributed by atoms with Crippen LogP contribution in [-0.4, -0.2) is 16.6 Å². The number of aromatic nitrogens is 1. The Kier molecular flexibility index (Phi) is 4.34. The summed E-state index contributed by atoms with van der Waals surface area (Å²) >= 11 is 2.13. The highest BCUT2D eigenvalue weighted by Gasteiger charge is 2.52. The number of hydrogen-bond donors (Lipinski definition) is 0. The average molecular weight is 604 g/mol. The van der Waals surface area contributed by atoms with Crippen molar-refractivity contribution in [1.82, 2.24) is 4.48 Å². The van der Waals surface area contributed by atoms with Crippen LogP contribution in [0.1, 0.15) is 65.6 Å². The first kappa shape index (κ1) is 24.7. The standard InChI is InChI=1S/C43H30BNS/c1-43(2)32-18-7-5-13-26(32)39-29-17-9-15-25-30-21-23-11-3-4-12-24(23)38-31-22-35-37(27-14-6-8-20-34(27)46-35)28-16-10-19-33(36(28)31)44(40(30)38)45(41(25)29)42(39)43/h3-21,31,35,37H,22H2,1-2H3. The van der Waals surface area contributed by atoms with Crippen LogP contribution in [0.25, 0.3) is 43.9 Å². The Labute approximate surface area is 273 Å². The molecule has 0 N–H and O–H groups in total. The van der Waals surface area contributed by atoms with Crippen molar-refractivity contribution in [3.63, 3.8) is 0 Å². The van der Waals surface area contributed by atoms with Gasteiger partial charge in [-0.25, -0.2) is 0 Å². The zero-order valence-corrected chi connectivity index (χ0v) is 26.7. The molecular formula is C43H30BNS. The fourth-order valence-corrected chi connectivity index (χ4v) is 12.3. The predicted molar refractivity (Wildman–Crippen MR) is 194 cm³/mol. The predicted octanol–water partition coefficient (Wildman–Crippen LogP) is 9.19. The molecule has 2 aliphatic carbocycles. The van der Waals surface area contributed by atoms with Crippen LogP contribution in [0.2, 0.25) is 0 Å². The third kappa shape index (κ3) is 2.66. The van der Waals surface area contributed by atoms with Gasteiger partial charge in [0.05, 0.1) is 0 Å². The van der Waals surface area contributed by atoms with Crippen LogP contribution in [0, 0.1) is 0 Å². The molecule has 0 saturated heterocycles. The number of benzene rings is 6.